The van der Waals surface area contributed by atoms with Gasteiger partial charge in [0, 0.05) is 17.5 Å². The fourth-order valence-electron chi connectivity index (χ4n) is 2.49. The lowest BCUT2D eigenvalue weighted by atomic mass is 10.1. The van der Waals surface area contributed by atoms with Gasteiger partial charge in [-0.25, -0.2) is 0 Å². The van der Waals surface area contributed by atoms with Crippen molar-refractivity contribution in [1.82, 2.24) is 15.5 Å². The number of aromatic nitrogens is 2. The van der Waals surface area contributed by atoms with E-state index in [9.17, 15) is 0 Å². The van der Waals surface area contributed by atoms with Crippen LogP contribution in [0.4, 0.5) is 0 Å². The third-order valence-electron chi connectivity index (χ3n) is 3.59. The first kappa shape index (κ1) is 14.2. The molecule has 3 nitrogen and oxygen atoms in total. The predicted octanol–water partition coefficient (Wildman–Crippen LogP) is 4.03. The summed E-state index contributed by atoms with van der Waals surface area (Å²) >= 11 is 3.65. The zero-order chi connectivity index (χ0) is 13.9. The molecule has 2 aromatic rings. The second-order valence-corrected chi connectivity index (χ2v) is 7.86. The molecule has 3 rings (SSSR count). The van der Waals surface area contributed by atoms with E-state index in [2.05, 4.69) is 35.4 Å². The van der Waals surface area contributed by atoms with Crippen LogP contribution < -0.4 is 5.32 Å². The Morgan fingerprint density at radius 2 is 2.00 bits per heavy atom. The SMILES string of the molecule is CC(C)NCc1nnc(-c2cc3c(s2)CCCCC3)s1. The highest BCUT2D eigenvalue weighted by Gasteiger charge is 2.15. The van der Waals surface area contributed by atoms with Gasteiger partial charge in [-0.15, -0.1) is 21.5 Å². The molecule has 0 aromatic carbocycles. The normalized spacial score (nSPS) is 15.3. The molecular weight excluding hydrogens is 286 g/mol. The molecule has 0 saturated heterocycles. The van der Waals surface area contributed by atoms with Crippen LogP contribution in [0.2, 0.25) is 0 Å². The maximum absolute atomic E-state index is 4.37. The Labute approximate surface area is 128 Å². The van der Waals surface area contributed by atoms with Crippen LogP contribution in [0.15, 0.2) is 6.07 Å². The Morgan fingerprint density at radius 3 is 2.85 bits per heavy atom. The molecule has 0 unspecified atom stereocenters. The van der Waals surface area contributed by atoms with Crippen LogP contribution >= 0.6 is 22.7 Å². The molecule has 0 spiro atoms. The lowest BCUT2D eigenvalue weighted by molar-refractivity contribution is 0.585. The molecule has 1 aliphatic rings. The minimum Gasteiger partial charge on any atom is -0.308 e. The first-order valence-electron chi connectivity index (χ1n) is 7.40. The lowest BCUT2D eigenvalue weighted by Gasteiger charge is -2.03. The van der Waals surface area contributed by atoms with Crippen LogP contribution in [-0.2, 0) is 19.4 Å². The Hall–Kier alpha value is -0.780. The van der Waals surface area contributed by atoms with Crippen molar-refractivity contribution >= 4 is 22.7 Å². The van der Waals surface area contributed by atoms with E-state index in [0.717, 1.165) is 16.6 Å². The summed E-state index contributed by atoms with van der Waals surface area (Å²) in [5, 5.41) is 14.2. The van der Waals surface area contributed by atoms with Gasteiger partial charge in [-0.1, -0.05) is 31.6 Å². The Balaban J connectivity index is 1.76. The van der Waals surface area contributed by atoms with Crippen molar-refractivity contribution in [3.63, 3.8) is 0 Å². The smallest absolute Gasteiger partial charge is 0.157 e. The lowest BCUT2D eigenvalue weighted by Crippen LogP contribution is -2.21. The summed E-state index contributed by atoms with van der Waals surface area (Å²) in [5.41, 5.74) is 1.56. The fourth-order valence-corrected chi connectivity index (χ4v) is 4.57. The molecule has 0 atom stereocenters. The van der Waals surface area contributed by atoms with E-state index in [0.29, 0.717) is 6.04 Å². The maximum Gasteiger partial charge on any atom is 0.157 e. The number of aryl methyl sites for hydroxylation is 2. The summed E-state index contributed by atoms with van der Waals surface area (Å²) in [4.78, 5) is 2.89. The van der Waals surface area contributed by atoms with E-state index >= 15 is 0 Å². The van der Waals surface area contributed by atoms with Crippen LogP contribution in [0, 0.1) is 0 Å². The molecule has 0 aliphatic heterocycles. The van der Waals surface area contributed by atoms with Gasteiger partial charge in [-0.05, 0) is 37.3 Å². The van der Waals surface area contributed by atoms with Crippen LogP contribution in [0.1, 0.15) is 48.6 Å². The number of nitrogens with zero attached hydrogens (tertiary/aromatic N) is 2. The van der Waals surface area contributed by atoms with Crippen molar-refractivity contribution in [2.45, 2.75) is 58.5 Å². The molecule has 0 amide bonds. The van der Waals surface area contributed by atoms with Gasteiger partial charge in [-0.3, -0.25) is 0 Å². The molecule has 108 valence electrons. The highest BCUT2D eigenvalue weighted by molar-refractivity contribution is 7.21. The quantitative estimate of drug-likeness (QED) is 0.867. The van der Waals surface area contributed by atoms with Gasteiger partial charge in [0.05, 0.1) is 4.88 Å². The predicted molar refractivity (Wildman–Crippen MR) is 86.5 cm³/mol. The highest BCUT2D eigenvalue weighted by Crippen LogP contribution is 2.36. The molecule has 2 heterocycles. The highest BCUT2D eigenvalue weighted by atomic mass is 32.1. The van der Waals surface area contributed by atoms with Crippen LogP contribution in [0.3, 0.4) is 0 Å². The molecule has 0 saturated carbocycles. The summed E-state index contributed by atoms with van der Waals surface area (Å²) in [5.74, 6) is 0. The van der Waals surface area contributed by atoms with Gasteiger partial charge in [0.25, 0.3) is 0 Å². The van der Waals surface area contributed by atoms with E-state index in [1.165, 1.54) is 37.0 Å². The number of thiophene rings is 1. The monoisotopic (exact) mass is 307 g/mol. The van der Waals surface area contributed by atoms with Gasteiger partial charge in [0.2, 0.25) is 0 Å². The van der Waals surface area contributed by atoms with Crippen molar-refractivity contribution in [2.24, 2.45) is 0 Å². The zero-order valence-corrected chi connectivity index (χ0v) is 13.7. The van der Waals surface area contributed by atoms with Crippen molar-refractivity contribution < 1.29 is 0 Å². The summed E-state index contributed by atoms with van der Waals surface area (Å²) in [7, 11) is 0. The molecule has 0 bridgehead atoms. The Kier molecular flexibility index (Phi) is 4.48. The largest absolute Gasteiger partial charge is 0.308 e. The van der Waals surface area contributed by atoms with E-state index in [4.69, 9.17) is 0 Å². The molecule has 5 heteroatoms. The van der Waals surface area contributed by atoms with Crippen molar-refractivity contribution in [3.8, 4) is 9.88 Å². The molecule has 2 aromatic heterocycles. The third kappa shape index (κ3) is 3.27. The minimum absolute atomic E-state index is 0.486. The van der Waals surface area contributed by atoms with Gasteiger partial charge >= 0.3 is 0 Å². The van der Waals surface area contributed by atoms with Crippen LogP contribution in [0.5, 0.6) is 0 Å². The Bertz CT molecular complexity index is 548. The molecule has 0 fully saturated rings. The average molecular weight is 307 g/mol. The third-order valence-corrected chi connectivity index (χ3v) is 5.92. The molecule has 1 N–H and O–H groups in total. The fraction of sp³-hybridized carbons (Fsp3) is 0.600. The zero-order valence-electron chi connectivity index (χ0n) is 12.1. The van der Waals surface area contributed by atoms with Gasteiger partial charge in [0.15, 0.2) is 5.01 Å². The van der Waals surface area contributed by atoms with E-state index in [1.807, 2.05) is 11.3 Å². The maximum atomic E-state index is 4.37. The summed E-state index contributed by atoms with van der Waals surface area (Å²) in [6, 6.07) is 2.84. The van der Waals surface area contributed by atoms with Crippen LogP contribution in [-0.4, -0.2) is 16.2 Å². The molecular formula is C15H21N3S2. The minimum atomic E-state index is 0.486. The summed E-state index contributed by atoms with van der Waals surface area (Å²) in [6.45, 7) is 5.12. The molecule has 1 aliphatic carbocycles. The number of hydrogen-bond donors (Lipinski definition) is 1. The molecule has 0 radical (unpaired) electrons. The first-order valence-corrected chi connectivity index (χ1v) is 9.03. The molecule has 20 heavy (non-hydrogen) atoms. The Morgan fingerprint density at radius 1 is 1.15 bits per heavy atom. The topological polar surface area (TPSA) is 37.8 Å². The van der Waals surface area contributed by atoms with E-state index in [-0.39, 0.29) is 0 Å². The van der Waals surface area contributed by atoms with Crippen LogP contribution in [0.25, 0.3) is 9.88 Å². The van der Waals surface area contributed by atoms with Gasteiger partial charge in [-0.2, -0.15) is 0 Å². The number of hydrogen-bond acceptors (Lipinski definition) is 5. The van der Waals surface area contributed by atoms with E-state index in [1.54, 1.807) is 21.8 Å². The standard InChI is InChI=1S/C15H21N3S2/c1-10(2)16-9-14-17-18-15(20-14)13-8-11-6-4-3-5-7-12(11)19-13/h8,10,16H,3-7,9H2,1-2H3. The van der Waals surface area contributed by atoms with Gasteiger partial charge in [0.1, 0.15) is 5.01 Å². The summed E-state index contributed by atoms with van der Waals surface area (Å²) in [6.07, 6.45) is 6.54. The second-order valence-electron chi connectivity index (χ2n) is 5.66. The number of rotatable bonds is 4. The van der Waals surface area contributed by atoms with E-state index < -0.39 is 0 Å². The van der Waals surface area contributed by atoms with Gasteiger partial charge < -0.3 is 5.32 Å². The average Bonchev–Trinajstić information content (AvgIpc) is 2.99. The summed E-state index contributed by atoms with van der Waals surface area (Å²) < 4.78 is 0. The number of nitrogens with one attached hydrogen (secondary N) is 1. The first-order chi connectivity index (χ1) is 9.72. The van der Waals surface area contributed by atoms with Crippen molar-refractivity contribution in [3.05, 3.63) is 21.5 Å². The number of fused-ring (bicyclic) bond motifs is 1. The second kappa shape index (κ2) is 6.33. The van der Waals surface area contributed by atoms with Crippen molar-refractivity contribution in [1.29, 1.82) is 0 Å². The van der Waals surface area contributed by atoms with Crippen molar-refractivity contribution in [2.75, 3.05) is 0 Å².